The van der Waals surface area contributed by atoms with Crippen molar-refractivity contribution < 1.29 is 19.1 Å². The quantitative estimate of drug-likeness (QED) is 0.590. The van der Waals surface area contributed by atoms with E-state index in [0.717, 1.165) is 9.35 Å². The predicted octanol–water partition coefficient (Wildman–Crippen LogP) is 4.42. The van der Waals surface area contributed by atoms with Crippen LogP contribution in [0.5, 0.6) is 0 Å². The highest BCUT2D eigenvalue weighted by molar-refractivity contribution is 9.10. The minimum absolute atomic E-state index is 0.141. The van der Waals surface area contributed by atoms with Crippen molar-refractivity contribution in [3.05, 3.63) is 74.3 Å². The summed E-state index contributed by atoms with van der Waals surface area (Å²) in [6, 6.07) is 12.4. The van der Waals surface area contributed by atoms with E-state index in [1.807, 2.05) is 23.6 Å². The molecule has 1 N–H and O–H groups in total. The summed E-state index contributed by atoms with van der Waals surface area (Å²) in [6.07, 6.45) is -0.372. The number of aryl methyl sites for hydroxylation is 1. The van der Waals surface area contributed by atoms with Gasteiger partial charge in [0.15, 0.2) is 11.4 Å². The SMILES string of the molecule is Cc1ccc(C(=O)C[C@@]2(O)C(=O)N(Cc3cccs3)c3ccc(Br)cc32)o1. The third-order valence-corrected chi connectivity index (χ3v) is 5.97. The first-order valence-corrected chi connectivity index (χ1v) is 10.0. The lowest BCUT2D eigenvalue weighted by atomic mass is 9.89. The highest BCUT2D eigenvalue weighted by Crippen LogP contribution is 2.45. The van der Waals surface area contributed by atoms with E-state index in [1.54, 1.807) is 31.2 Å². The molecule has 3 heterocycles. The Labute approximate surface area is 168 Å². The molecule has 0 unspecified atom stereocenters. The lowest BCUT2D eigenvalue weighted by molar-refractivity contribution is -0.136. The molecule has 1 aliphatic rings. The number of furan rings is 1. The Morgan fingerprint density at radius 2 is 2.11 bits per heavy atom. The van der Waals surface area contributed by atoms with E-state index < -0.39 is 17.3 Å². The lowest BCUT2D eigenvalue weighted by Gasteiger charge is -2.22. The zero-order chi connectivity index (χ0) is 19.2. The summed E-state index contributed by atoms with van der Waals surface area (Å²) in [5.41, 5.74) is -0.883. The van der Waals surface area contributed by atoms with E-state index >= 15 is 0 Å². The number of hydrogen-bond acceptors (Lipinski definition) is 5. The second-order valence-electron chi connectivity index (χ2n) is 6.50. The number of benzene rings is 1. The summed E-state index contributed by atoms with van der Waals surface area (Å²) >= 11 is 4.93. The molecule has 5 nitrogen and oxygen atoms in total. The monoisotopic (exact) mass is 445 g/mol. The van der Waals surface area contributed by atoms with Crippen molar-refractivity contribution >= 4 is 44.6 Å². The van der Waals surface area contributed by atoms with Crippen molar-refractivity contribution in [2.45, 2.75) is 25.5 Å². The maximum atomic E-state index is 13.2. The van der Waals surface area contributed by atoms with Gasteiger partial charge in [-0.2, -0.15) is 0 Å². The Morgan fingerprint density at radius 1 is 1.30 bits per heavy atom. The molecule has 2 aromatic heterocycles. The smallest absolute Gasteiger partial charge is 0.264 e. The van der Waals surface area contributed by atoms with Gasteiger partial charge < -0.3 is 14.4 Å². The molecular formula is C20H16BrNO4S. The van der Waals surface area contributed by atoms with E-state index in [2.05, 4.69) is 15.9 Å². The van der Waals surface area contributed by atoms with Crippen LogP contribution in [0.1, 0.15) is 33.2 Å². The maximum Gasteiger partial charge on any atom is 0.264 e. The number of hydrogen-bond donors (Lipinski definition) is 1. The number of ketones is 1. The first-order valence-electron chi connectivity index (χ1n) is 8.35. The lowest BCUT2D eigenvalue weighted by Crippen LogP contribution is -2.41. The van der Waals surface area contributed by atoms with E-state index in [-0.39, 0.29) is 12.2 Å². The van der Waals surface area contributed by atoms with Crippen LogP contribution < -0.4 is 4.90 Å². The molecule has 0 bridgehead atoms. The summed E-state index contributed by atoms with van der Waals surface area (Å²) in [5, 5.41) is 13.2. The normalized spacial score (nSPS) is 18.8. The molecule has 0 spiro atoms. The van der Waals surface area contributed by atoms with Gasteiger partial charge in [-0.1, -0.05) is 22.0 Å². The molecule has 1 aromatic carbocycles. The van der Waals surface area contributed by atoms with Crippen LogP contribution in [0.15, 0.2) is 56.7 Å². The summed E-state index contributed by atoms with van der Waals surface area (Å²) < 4.78 is 6.09. The molecule has 4 rings (SSSR count). The molecule has 27 heavy (non-hydrogen) atoms. The fraction of sp³-hybridized carbons (Fsp3) is 0.200. The van der Waals surface area contributed by atoms with Crippen molar-refractivity contribution in [1.82, 2.24) is 0 Å². The summed E-state index contributed by atoms with van der Waals surface area (Å²) in [6.45, 7) is 2.09. The zero-order valence-corrected chi connectivity index (χ0v) is 16.8. The number of carbonyl (C=O) groups is 2. The van der Waals surface area contributed by atoms with Crippen LogP contribution >= 0.6 is 27.3 Å². The van der Waals surface area contributed by atoms with Crippen molar-refractivity contribution in [2.75, 3.05) is 4.90 Å². The van der Waals surface area contributed by atoms with Gasteiger partial charge in [-0.25, -0.2) is 0 Å². The molecule has 0 fully saturated rings. The summed E-state index contributed by atoms with van der Waals surface area (Å²) in [4.78, 5) is 28.4. The highest BCUT2D eigenvalue weighted by Gasteiger charge is 2.51. The topological polar surface area (TPSA) is 70.8 Å². The average Bonchev–Trinajstić information content (AvgIpc) is 3.33. The van der Waals surface area contributed by atoms with Gasteiger partial charge in [0, 0.05) is 14.9 Å². The molecule has 1 atom stereocenters. The van der Waals surface area contributed by atoms with Crippen molar-refractivity contribution in [1.29, 1.82) is 0 Å². The van der Waals surface area contributed by atoms with E-state index in [1.165, 1.54) is 16.2 Å². The highest BCUT2D eigenvalue weighted by atomic mass is 79.9. The van der Waals surface area contributed by atoms with Gasteiger partial charge in [0.1, 0.15) is 5.76 Å². The number of fused-ring (bicyclic) bond motifs is 1. The molecule has 0 aliphatic carbocycles. The molecule has 138 valence electrons. The number of halogens is 1. The van der Waals surface area contributed by atoms with Crippen LogP contribution in [0.4, 0.5) is 5.69 Å². The Kier molecular flexibility index (Phi) is 4.53. The maximum absolute atomic E-state index is 13.2. The van der Waals surface area contributed by atoms with Crippen molar-refractivity contribution in [2.24, 2.45) is 0 Å². The van der Waals surface area contributed by atoms with Gasteiger partial charge in [0.25, 0.3) is 5.91 Å². The molecule has 0 radical (unpaired) electrons. The molecule has 0 saturated heterocycles. The van der Waals surface area contributed by atoms with Gasteiger partial charge in [0.05, 0.1) is 18.7 Å². The van der Waals surface area contributed by atoms with Crippen LogP contribution in [0.2, 0.25) is 0 Å². The fourth-order valence-corrected chi connectivity index (χ4v) is 4.37. The molecule has 3 aromatic rings. The Bertz CT molecular complexity index is 1030. The van der Waals surface area contributed by atoms with Crippen molar-refractivity contribution in [3.8, 4) is 0 Å². The standard InChI is InChI=1S/C20H16BrNO4S/c1-12-4-7-18(26-12)17(23)10-20(25)15-9-13(21)5-6-16(15)22(19(20)24)11-14-3-2-8-27-14/h2-9,25H,10-11H2,1H3/t20-/m0/s1. The Morgan fingerprint density at radius 3 is 2.78 bits per heavy atom. The number of Topliss-reactive ketones (excluding diaryl/α,β-unsaturated/α-hetero) is 1. The zero-order valence-electron chi connectivity index (χ0n) is 14.4. The number of thiophene rings is 1. The Hall–Kier alpha value is -2.22. The first kappa shape index (κ1) is 18.2. The van der Waals surface area contributed by atoms with Gasteiger partial charge >= 0.3 is 0 Å². The van der Waals surface area contributed by atoms with Gasteiger partial charge in [-0.05, 0) is 48.7 Å². The molecule has 7 heteroatoms. The van der Waals surface area contributed by atoms with Crippen LogP contribution in [0.25, 0.3) is 0 Å². The summed E-state index contributed by atoms with van der Waals surface area (Å²) in [7, 11) is 0. The Balaban J connectivity index is 1.72. The fourth-order valence-electron chi connectivity index (χ4n) is 3.31. The van der Waals surface area contributed by atoms with Gasteiger partial charge in [0.2, 0.25) is 5.78 Å². The van der Waals surface area contributed by atoms with Crippen LogP contribution in [0, 0.1) is 6.92 Å². The van der Waals surface area contributed by atoms with E-state index in [0.29, 0.717) is 23.6 Å². The number of nitrogens with zero attached hydrogens (tertiary/aromatic N) is 1. The van der Waals surface area contributed by atoms with Gasteiger partial charge in [-0.3, -0.25) is 9.59 Å². The number of amides is 1. The van der Waals surface area contributed by atoms with Crippen LogP contribution in [0.3, 0.4) is 0 Å². The van der Waals surface area contributed by atoms with E-state index in [4.69, 9.17) is 4.42 Å². The number of carbonyl (C=O) groups excluding carboxylic acids is 2. The predicted molar refractivity (Wildman–Crippen MR) is 106 cm³/mol. The number of rotatable bonds is 5. The molecular weight excluding hydrogens is 430 g/mol. The molecule has 0 saturated carbocycles. The minimum atomic E-state index is -1.92. The number of aliphatic hydroxyl groups is 1. The second kappa shape index (κ2) is 6.74. The largest absolute Gasteiger partial charge is 0.458 e. The average molecular weight is 446 g/mol. The third-order valence-electron chi connectivity index (χ3n) is 4.62. The molecule has 1 amide bonds. The van der Waals surface area contributed by atoms with Crippen LogP contribution in [-0.2, 0) is 16.9 Å². The third kappa shape index (κ3) is 3.16. The molecule has 1 aliphatic heterocycles. The van der Waals surface area contributed by atoms with Crippen molar-refractivity contribution in [3.63, 3.8) is 0 Å². The van der Waals surface area contributed by atoms with E-state index in [9.17, 15) is 14.7 Å². The minimum Gasteiger partial charge on any atom is -0.458 e. The van der Waals surface area contributed by atoms with Gasteiger partial charge in [-0.15, -0.1) is 11.3 Å². The van der Waals surface area contributed by atoms with Crippen LogP contribution in [-0.4, -0.2) is 16.8 Å². The summed E-state index contributed by atoms with van der Waals surface area (Å²) in [5.74, 6) is -0.170. The first-order chi connectivity index (χ1) is 12.9. The second-order valence-corrected chi connectivity index (χ2v) is 8.45. The number of anilines is 1.